The SMILES string of the molecule is CCc1nc(CC(C)(C)C/C=C/c2cc(-c3nnn(CC)n3)ccc2OC)cs1. The predicted octanol–water partition coefficient (Wildman–Crippen LogP) is 5.06. The molecule has 3 aromatic rings. The van der Waals surface area contributed by atoms with Gasteiger partial charge >= 0.3 is 0 Å². The number of aryl methyl sites for hydroxylation is 2. The van der Waals surface area contributed by atoms with Crippen molar-refractivity contribution in [1.29, 1.82) is 0 Å². The van der Waals surface area contributed by atoms with Crippen molar-refractivity contribution in [3.63, 3.8) is 0 Å². The third-order valence-electron chi connectivity index (χ3n) is 4.75. The van der Waals surface area contributed by atoms with E-state index in [-0.39, 0.29) is 5.41 Å². The number of methoxy groups -OCH3 is 1. The minimum atomic E-state index is 0.131. The zero-order valence-corrected chi connectivity index (χ0v) is 18.7. The number of rotatable bonds is 9. The molecule has 0 unspecified atom stereocenters. The van der Waals surface area contributed by atoms with Crippen molar-refractivity contribution in [3.8, 4) is 17.1 Å². The topological polar surface area (TPSA) is 65.7 Å². The number of tetrazole rings is 1. The van der Waals surface area contributed by atoms with E-state index in [0.29, 0.717) is 12.4 Å². The Labute approximate surface area is 176 Å². The molecule has 29 heavy (non-hydrogen) atoms. The van der Waals surface area contributed by atoms with Gasteiger partial charge in [-0.05, 0) is 55.0 Å². The van der Waals surface area contributed by atoms with Gasteiger partial charge in [0, 0.05) is 16.5 Å². The maximum atomic E-state index is 5.53. The van der Waals surface area contributed by atoms with Gasteiger partial charge in [-0.25, -0.2) is 4.98 Å². The Morgan fingerprint density at radius 2 is 2.07 bits per heavy atom. The molecule has 0 aliphatic heterocycles. The quantitative estimate of drug-likeness (QED) is 0.492. The highest BCUT2D eigenvalue weighted by molar-refractivity contribution is 7.09. The van der Waals surface area contributed by atoms with E-state index in [4.69, 9.17) is 9.72 Å². The molecule has 0 bridgehead atoms. The Hall–Kier alpha value is -2.54. The van der Waals surface area contributed by atoms with Crippen molar-refractivity contribution in [2.75, 3.05) is 7.11 Å². The molecule has 0 N–H and O–H groups in total. The standard InChI is InChI=1S/C22H29N5OS/c1-6-20-23-18(15-29-20)14-22(3,4)12-8-9-16-13-17(10-11-19(16)28-5)21-24-26-27(7-2)25-21/h8-11,13,15H,6-7,12,14H2,1-5H3/b9-8+. The molecule has 0 aliphatic rings. The summed E-state index contributed by atoms with van der Waals surface area (Å²) in [5.41, 5.74) is 3.26. The first-order valence-corrected chi connectivity index (χ1v) is 10.9. The second-order valence-corrected chi connectivity index (χ2v) is 8.73. The number of benzene rings is 1. The summed E-state index contributed by atoms with van der Waals surface area (Å²) in [7, 11) is 1.69. The molecule has 2 aromatic heterocycles. The highest BCUT2D eigenvalue weighted by Gasteiger charge is 2.19. The lowest BCUT2D eigenvalue weighted by Crippen LogP contribution is -2.14. The summed E-state index contributed by atoms with van der Waals surface area (Å²) in [5, 5.41) is 16.0. The van der Waals surface area contributed by atoms with Gasteiger partial charge in [-0.2, -0.15) is 4.80 Å². The summed E-state index contributed by atoms with van der Waals surface area (Å²) >= 11 is 1.75. The number of aromatic nitrogens is 5. The summed E-state index contributed by atoms with van der Waals surface area (Å²) in [5.74, 6) is 1.46. The fourth-order valence-electron chi connectivity index (χ4n) is 3.16. The van der Waals surface area contributed by atoms with Crippen LogP contribution >= 0.6 is 11.3 Å². The second-order valence-electron chi connectivity index (χ2n) is 7.79. The molecule has 1 aromatic carbocycles. The van der Waals surface area contributed by atoms with E-state index < -0.39 is 0 Å². The molecule has 0 amide bonds. The normalized spacial score (nSPS) is 12.0. The van der Waals surface area contributed by atoms with E-state index in [2.05, 4.69) is 53.7 Å². The monoisotopic (exact) mass is 411 g/mol. The van der Waals surface area contributed by atoms with Gasteiger partial charge in [-0.15, -0.1) is 21.5 Å². The Morgan fingerprint density at radius 1 is 1.24 bits per heavy atom. The Kier molecular flexibility index (Phi) is 6.79. The molecule has 6 nitrogen and oxygen atoms in total. The maximum absolute atomic E-state index is 5.53. The number of thiazole rings is 1. The molecule has 0 fully saturated rings. The number of hydrogen-bond donors (Lipinski definition) is 0. The Morgan fingerprint density at radius 3 is 2.72 bits per heavy atom. The van der Waals surface area contributed by atoms with E-state index >= 15 is 0 Å². The molecule has 2 heterocycles. The van der Waals surface area contributed by atoms with Crippen molar-refractivity contribution in [2.45, 2.75) is 53.5 Å². The van der Waals surface area contributed by atoms with Crippen LogP contribution in [0.5, 0.6) is 5.75 Å². The molecule has 0 saturated carbocycles. The van der Waals surface area contributed by atoms with Crippen molar-refractivity contribution >= 4 is 17.4 Å². The molecule has 0 atom stereocenters. The molecule has 7 heteroatoms. The van der Waals surface area contributed by atoms with Crippen LogP contribution in [0.4, 0.5) is 0 Å². The summed E-state index contributed by atoms with van der Waals surface area (Å²) in [6.45, 7) is 9.40. The molecule has 3 rings (SSSR count). The van der Waals surface area contributed by atoms with Crippen LogP contribution in [0.3, 0.4) is 0 Å². The smallest absolute Gasteiger partial charge is 0.204 e. The van der Waals surface area contributed by atoms with Crippen molar-refractivity contribution in [2.24, 2.45) is 5.41 Å². The Balaban J connectivity index is 1.73. The van der Waals surface area contributed by atoms with Crippen LogP contribution < -0.4 is 4.74 Å². The molecule has 0 saturated heterocycles. The van der Waals surface area contributed by atoms with E-state index in [0.717, 1.165) is 36.1 Å². The zero-order valence-electron chi connectivity index (χ0n) is 17.8. The maximum Gasteiger partial charge on any atom is 0.204 e. The average Bonchev–Trinajstić information content (AvgIpc) is 3.36. The molecule has 0 aliphatic carbocycles. The first kappa shape index (κ1) is 21.2. The van der Waals surface area contributed by atoms with Gasteiger partial charge in [-0.1, -0.05) is 32.9 Å². The molecular weight excluding hydrogens is 382 g/mol. The summed E-state index contributed by atoms with van der Waals surface area (Å²) in [6.07, 6.45) is 7.25. The minimum Gasteiger partial charge on any atom is -0.496 e. The second kappa shape index (κ2) is 9.31. The van der Waals surface area contributed by atoms with Crippen LogP contribution in [0.2, 0.25) is 0 Å². The lowest BCUT2D eigenvalue weighted by atomic mass is 9.84. The minimum absolute atomic E-state index is 0.131. The first-order valence-electron chi connectivity index (χ1n) is 10.00. The molecule has 0 spiro atoms. The third kappa shape index (κ3) is 5.50. The third-order valence-corrected chi connectivity index (χ3v) is 5.79. The van der Waals surface area contributed by atoms with Gasteiger partial charge in [0.05, 0.1) is 24.4 Å². The fraction of sp³-hybridized carbons (Fsp3) is 0.455. The fourth-order valence-corrected chi connectivity index (χ4v) is 3.90. The van der Waals surface area contributed by atoms with Crippen molar-refractivity contribution in [1.82, 2.24) is 25.2 Å². The van der Waals surface area contributed by atoms with Crippen LogP contribution in [0, 0.1) is 5.41 Å². The number of nitrogens with zero attached hydrogens (tertiary/aromatic N) is 5. The molecule has 154 valence electrons. The summed E-state index contributed by atoms with van der Waals surface area (Å²) < 4.78 is 5.53. The lowest BCUT2D eigenvalue weighted by molar-refractivity contribution is 0.366. The van der Waals surface area contributed by atoms with Crippen LogP contribution in [0.15, 0.2) is 29.7 Å². The van der Waals surface area contributed by atoms with E-state index in [1.807, 2.05) is 25.1 Å². The Bertz CT molecular complexity index is 973. The lowest BCUT2D eigenvalue weighted by Gasteiger charge is -2.21. The van der Waals surface area contributed by atoms with Gasteiger partial charge in [-0.3, -0.25) is 0 Å². The molecule has 0 radical (unpaired) electrons. The number of ether oxygens (including phenoxy) is 1. The van der Waals surface area contributed by atoms with Crippen LogP contribution in [-0.2, 0) is 19.4 Å². The van der Waals surface area contributed by atoms with E-state index in [1.54, 1.807) is 23.2 Å². The highest BCUT2D eigenvalue weighted by atomic mass is 32.1. The number of allylic oxidation sites excluding steroid dienone is 1. The first-order chi connectivity index (χ1) is 13.9. The van der Waals surface area contributed by atoms with E-state index in [1.165, 1.54) is 10.7 Å². The van der Waals surface area contributed by atoms with Crippen LogP contribution in [0.1, 0.15) is 50.4 Å². The van der Waals surface area contributed by atoms with Crippen molar-refractivity contribution in [3.05, 3.63) is 45.9 Å². The highest BCUT2D eigenvalue weighted by Crippen LogP contribution is 2.30. The zero-order chi connectivity index (χ0) is 20.9. The van der Waals surface area contributed by atoms with Gasteiger partial charge in [0.1, 0.15) is 5.75 Å². The van der Waals surface area contributed by atoms with Gasteiger partial charge in [0.2, 0.25) is 5.82 Å². The average molecular weight is 412 g/mol. The van der Waals surface area contributed by atoms with Crippen LogP contribution in [-0.4, -0.2) is 32.3 Å². The summed E-state index contributed by atoms with van der Waals surface area (Å²) in [6, 6.07) is 5.96. The van der Waals surface area contributed by atoms with Gasteiger partial charge < -0.3 is 4.74 Å². The van der Waals surface area contributed by atoms with Gasteiger partial charge in [0.25, 0.3) is 0 Å². The largest absolute Gasteiger partial charge is 0.496 e. The van der Waals surface area contributed by atoms with E-state index in [9.17, 15) is 0 Å². The van der Waals surface area contributed by atoms with Crippen LogP contribution in [0.25, 0.3) is 17.5 Å². The van der Waals surface area contributed by atoms with Crippen molar-refractivity contribution < 1.29 is 4.74 Å². The predicted molar refractivity (Wildman–Crippen MR) is 118 cm³/mol. The summed E-state index contributed by atoms with van der Waals surface area (Å²) in [4.78, 5) is 6.30. The van der Waals surface area contributed by atoms with Gasteiger partial charge in [0.15, 0.2) is 0 Å². The molecular formula is C22H29N5OS. The number of hydrogen-bond acceptors (Lipinski definition) is 6.